The number of quaternary nitrogens is 1. The molecule has 70 valence electrons. The first-order valence-electron chi connectivity index (χ1n) is 4.32. The molecule has 0 aliphatic carbocycles. The number of hydrogen-bond acceptors (Lipinski definition) is 2. The fourth-order valence-electron chi connectivity index (χ4n) is 1.39. The van der Waals surface area contributed by atoms with E-state index in [9.17, 15) is 4.79 Å². The van der Waals surface area contributed by atoms with Crippen molar-refractivity contribution in [2.24, 2.45) is 0 Å². The van der Waals surface area contributed by atoms with Crippen LogP contribution in [0.1, 0.15) is 13.3 Å². The number of ether oxygens (including phenoxy) is 1. The maximum atomic E-state index is 10.9. The topological polar surface area (TPSA) is 42.8 Å². The van der Waals surface area contributed by atoms with E-state index in [1.165, 1.54) is 4.90 Å². The molecule has 0 aromatic rings. The Morgan fingerprint density at radius 2 is 2.58 bits per heavy atom. The molecule has 12 heavy (non-hydrogen) atoms. The van der Waals surface area contributed by atoms with E-state index in [0.717, 1.165) is 19.5 Å². The Hall–Kier alpha value is -0.770. The smallest absolute Gasteiger partial charge is 0.407 e. The lowest BCUT2D eigenvalue weighted by Crippen LogP contribution is -3.05. The standard InChI is InChI=1S/C8H16N2O2/c1-3-12-8(11)9-7-4-5-10(2)6-7/h7,10H,2-6H2,1H3,(H,9,11)/t7-/m0/s1. The second kappa shape index (κ2) is 4.30. The molecule has 0 radical (unpaired) electrons. The summed E-state index contributed by atoms with van der Waals surface area (Å²) >= 11 is 0. The molecule has 1 rings (SSSR count). The number of nitrogens with one attached hydrogen (secondary N) is 2. The minimum Gasteiger partial charge on any atom is -0.466 e. The summed E-state index contributed by atoms with van der Waals surface area (Å²) in [5.41, 5.74) is 0. The Balaban J connectivity index is 2.18. The van der Waals surface area contributed by atoms with Gasteiger partial charge in [-0.25, -0.2) is 4.79 Å². The molecule has 1 aliphatic heterocycles. The average Bonchev–Trinajstić information content (AvgIpc) is 2.36. The van der Waals surface area contributed by atoms with Crippen molar-refractivity contribution in [3.05, 3.63) is 7.05 Å². The van der Waals surface area contributed by atoms with Gasteiger partial charge in [0.2, 0.25) is 0 Å². The molecule has 2 N–H and O–H groups in total. The fraction of sp³-hybridized carbons (Fsp3) is 0.750. The van der Waals surface area contributed by atoms with Crippen LogP contribution in [0.5, 0.6) is 0 Å². The molecule has 1 amide bonds. The van der Waals surface area contributed by atoms with Gasteiger partial charge in [0.05, 0.1) is 25.7 Å². The summed E-state index contributed by atoms with van der Waals surface area (Å²) in [5, 5.41) is 2.79. The van der Waals surface area contributed by atoms with Crippen molar-refractivity contribution in [1.82, 2.24) is 5.32 Å². The van der Waals surface area contributed by atoms with Crippen LogP contribution >= 0.6 is 0 Å². The van der Waals surface area contributed by atoms with Gasteiger partial charge in [0.25, 0.3) is 0 Å². The third-order valence-electron chi connectivity index (χ3n) is 1.98. The predicted molar refractivity (Wildman–Crippen MR) is 44.6 cm³/mol. The lowest BCUT2D eigenvalue weighted by atomic mass is 10.3. The molecule has 0 spiro atoms. The number of amides is 1. The number of rotatable bonds is 2. The van der Waals surface area contributed by atoms with E-state index in [1.54, 1.807) is 6.92 Å². The molecule has 0 aromatic heterocycles. The zero-order valence-corrected chi connectivity index (χ0v) is 7.43. The zero-order valence-electron chi connectivity index (χ0n) is 7.43. The van der Waals surface area contributed by atoms with E-state index < -0.39 is 0 Å². The van der Waals surface area contributed by atoms with E-state index in [0.29, 0.717) is 6.61 Å². The Morgan fingerprint density at radius 1 is 1.83 bits per heavy atom. The van der Waals surface area contributed by atoms with E-state index >= 15 is 0 Å². The molecule has 4 nitrogen and oxygen atoms in total. The van der Waals surface area contributed by atoms with Crippen LogP contribution in [0, 0.1) is 7.05 Å². The fourth-order valence-corrected chi connectivity index (χ4v) is 1.39. The summed E-state index contributed by atoms with van der Waals surface area (Å²) in [5.74, 6) is 0. The molecule has 0 aromatic carbocycles. The Bertz CT molecular complexity index is 161. The maximum absolute atomic E-state index is 10.9. The van der Waals surface area contributed by atoms with Crippen molar-refractivity contribution >= 4 is 6.09 Å². The number of hydrogen-bond donors (Lipinski definition) is 2. The molecular formula is C8H16N2O2. The van der Waals surface area contributed by atoms with Crippen LogP contribution in [-0.4, -0.2) is 31.8 Å². The highest BCUT2D eigenvalue weighted by molar-refractivity contribution is 5.67. The van der Waals surface area contributed by atoms with Gasteiger partial charge < -0.3 is 15.0 Å². The van der Waals surface area contributed by atoms with Crippen molar-refractivity contribution in [2.45, 2.75) is 19.4 Å². The first kappa shape index (κ1) is 9.32. The van der Waals surface area contributed by atoms with Gasteiger partial charge >= 0.3 is 6.09 Å². The Labute approximate surface area is 72.9 Å². The molecule has 1 fully saturated rings. The Kier molecular flexibility index (Phi) is 3.34. The van der Waals surface area contributed by atoms with E-state index in [4.69, 9.17) is 4.74 Å². The molecule has 4 heteroatoms. The highest BCUT2D eigenvalue weighted by atomic mass is 16.5. The van der Waals surface area contributed by atoms with Crippen LogP contribution in [0.2, 0.25) is 0 Å². The minimum atomic E-state index is -0.308. The highest BCUT2D eigenvalue weighted by Crippen LogP contribution is 1.93. The minimum absolute atomic E-state index is 0.247. The van der Waals surface area contributed by atoms with Crippen LogP contribution in [0.4, 0.5) is 4.79 Å². The van der Waals surface area contributed by atoms with Crippen molar-refractivity contribution in [3.8, 4) is 0 Å². The summed E-state index contributed by atoms with van der Waals surface area (Å²) < 4.78 is 4.76. The van der Waals surface area contributed by atoms with E-state index in [-0.39, 0.29) is 12.1 Å². The van der Waals surface area contributed by atoms with Crippen molar-refractivity contribution in [3.63, 3.8) is 0 Å². The van der Waals surface area contributed by atoms with Gasteiger partial charge in [-0.05, 0) is 6.92 Å². The molecule has 1 heterocycles. The first-order valence-corrected chi connectivity index (χ1v) is 4.32. The quantitative estimate of drug-likeness (QED) is 0.534. The van der Waals surface area contributed by atoms with Crippen molar-refractivity contribution in [2.75, 3.05) is 19.7 Å². The lowest BCUT2D eigenvalue weighted by molar-refractivity contribution is -0.840. The Morgan fingerprint density at radius 3 is 3.08 bits per heavy atom. The molecule has 1 saturated heterocycles. The van der Waals surface area contributed by atoms with E-state index in [1.807, 2.05) is 0 Å². The second-order valence-electron chi connectivity index (χ2n) is 3.05. The van der Waals surface area contributed by atoms with Crippen LogP contribution in [0.25, 0.3) is 0 Å². The maximum Gasteiger partial charge on any atom is 0.407 e. The largest absolute Gasteiger partial charge is 0.466 e. The summed E-state index contributed by atoms with van der Waals surface area (Å²) in [4.78, 5) is 12.2. The van der Waals surface area contributed by atoms with Gasteiger partial charge in [0, 0.05) is 6.42 Å². The summed E-state index contributed by atoms with van der Waals surface area (Å²) in [6.07, 6.45) is 0.690. The molecule has 2 atom stereocenters. The van der Waals surface area contributed by atoms with Gasteiger partial charge in [-0.2, -0.15) is 7.05 Å². The predicted octanol–water partition coefficient (Wildman–Crippen LogP) is -0.819. The van der Waals surface area contributed by atoms with Crippen molar-refractivity contribution in [1.29, 1.82) is 0 Å². The number of carbonyl (C=O) groups is 1. The van der Waals surface area contributed by atoms with Crippen molar-refractivity contribution < 1.29 is 14.4 Å². The SMILES string of the molecule is [CH2-][NH+]1CC[C@H](NC(=O)OCC)C1. The second-order valence-corrected chi connectivity index (χ2v) is 3.05. The third-order valence-corrected chi connectivity index (χ3v) is 1.98. The summed E-state index contributed by atoms with van der Waals surface area (Å²) in [6.45, 7) is 4.16. The van der Waals surface area contributed by atoms with Gasteiger partial charge in [0.15, 0.2) is 0 Å². The van der Waals surface area contributed by atoms with Crippen LogP contribution in [0.15, 0.2) is 0 Å². The third kappa shape index (κ3) is 2.70. The van der Waals surface area contributed by atoms with Crippen LogP contribution in [-0.2, 0) is 4.74 Å². The molecule has 1 unspecified atom stereocenters. The lowest BCUT2D eigenvalue weighted by Gasteiger charge is -2.13. The number of carbonyl (C=O) groups excluding carboxylic acids is 1. The van der Waals surface area contributed by atoms with Crippen LogP contribution < -0.4 is 10.2 Å². The van der Waals surface area contributed by atoms with Gasteiger partial charge in [0.1, 0.15) is 0 Å². The molecular weight excluding hydrogens is 156 g/mol. The number of alkyl carbamates (subject to hydrolysis) is 1. The normalized spacial score (nSPS) is 28.5. The zero-order chi connectivity index (χ0) is 8.97. The summed E-state index contributed by atoms with van der Waals surface area (Å²) in [7, 11) is 3.87. The van der Waals surface area contributed by atoms with Gasteiger partial charge in [-0.3, -0.25) is 0 Å². The highest BCUT2D eigenvalue weighted by Gasteiger charge is 2.21. The average molecular weight is 172 g/mol. The molecule has 1 aliphatic rings. The molecule has 0 saturated carbocycles. The first-order chi connectivity index (χ1) is 5.72. The summed E-state index contributed by atoms with van der Waals surface area (Å²) in [6, 6.07) is 0.247. The van der Waals surface area contributed by atoms with Gasteiger partial charge in [-0.1, -0.05) is 0 Å². The van der Waals surface area contributed by atoms with Gasteiger partial charge in [-0.15, -0.1) is 0 Å². The molecule has 0 bridgehead atoms. The monoisotopic (exact) mass is 172 g/mol. The van der Waals surface area contributed by atoms with E-state index in [2.05, 4.69) is 12.4 Å². The van der Waals surface area contributed by atoms with Crippen LogP contribution in [0.3, 0.4) is 0 Å². The number of likely N-dealkylation sites (tertiary alicyclic amines) is 1.